The van der Waals surface area contributed by atoms with Gasteiger partial charge in [0.25, 0.3) is 5.91 Å². The largest absolute Gasteiger partial charge is 0.483 e. The average Bonchev–Trinajstić information content (AvgIpc) is 2.95. The monoisotopic (exact) mass is 336 g/mol. The summed E-state index contributed by atoms with van der Waals surface area (Å²) in [6.45, 7) is 3.74. The highest BCUT2D eigenvalue weighted by molar-refractivity contribution is 6.30. The fourth-order valence-electron chi connectivity index (χ4n) is 3.41. The van der Waals surface area contributed by atoms with E-state index in [0.29, 0.717) is 23.9 Å². The molecule has 0 aromatic heterocycles. The van der Waals surface area contributed by atoms with Gasteiger partial charge in [0.1, 0.15) is 5.75 Å². The first kappa shape index (κ1) is 16.1. The lowest BCUT2D eigenvalue weighted by Crippen LogP contribution is -2.48. The van der Waals surface area contributed by atoms with E-state index in [2.05, 4.69) is 5.32 Å². The molecule has 1 N–H and O–H groups in total. The number of carbonyl (C=O) groups is 2. The molecule has 2 aliphatic heterocycles. The molecule has 0 radical (unpaired) electrons. The maximum atomic E-state index is 12.4. The van der Waals surface area contributed by atoms with E-state index in [0.717, 1.165) is 31.4 Å². The summed E-state index contributed by atoms with van der Waals surface area (Å²) in [6, 6.07) is 5.31. The van der Waals surface area contributed by atoms with Crippen molar-refractivity contribution in [1.82, 2.24) is 10.2 Å². The summed E-state index contributed by atoms with van der Waals surface area (Å²) in [5.41, 5.74) is 0.513. The number of halogens is 1. The predicted molar refractivity (Wildman–Crippen MR) is 87.6 cm³/mol. The number of ether oxygens (including phenoxy) is 1. The number of piperidine rings is 1. The fourth-order valence-corrected chi connectivity index (χ4v) is 3.64. The van der Waals surface area contributed by atoms with E-state index in [1.54, 1.807) is 23.1 Å². The van der Waals surface area contributed by atoms with Gasteiger partial charge in [-0.2, -0.15) is 0 Å². The van der Waals surface area contributed by atoms with E-state index in [-0.39, 0.29) is 23.8 Å². The number of rotatable bonds is 3. The van der Waals surface area contributed by atoms with Gasteiger partial charge in [-0.25, -0.2) is 0 Å². The Balaban J connectivity index is 1.58. The lowest BCUT2D eigenvalue weighted by Gasteiger charge is -2.32. The van der Waals surface area contributed by atoms with Crippen LogP contribution < -0.4 is 10.1 Å². The van der Waals surface area contributed by atoms with Crippen molar-refractivity contribution in [2.75, 3.05) is 26.2 Å². The smallest absolute Gasteiger partial charge is 0.260 e. The van der Waals surface area contributed by atoms with Crippen LogP contribution in [0.5, 0.6) is 5.75 Å². The van der Waals surface area contributed by atoms with Crippen molar-refractivity contribution in [3.8, 4) is 5.75 Å². The Morgan fingerprint density at radius 2 is 2.26 bits per heavy atom. The van der Waals surface area contributed by atoms with Gasteiger partial charge in [-0.3, -0.25) is 9.59 Å². The summed E-state index contributed by atoms with van der Waals surface area (Å²) in [6.07, 6.45) is 2.58. The van der Waals surface area contributed by atoms with Gasteiger partial charge >= 0.3 is 0 Å². The van der Waals surface area contributed by atoms with Crippen LogP contribution >= 0.6 is 11.6 Å². The first-order valence-corrected chi connectivity index (χ1v) is 8.33. The van der Waals surface area contributed by atoms with Crippen LogP contribution in [0.1, 0.15) is 24.8 Å². The minimum atomic E-state index is -0.385. The van der Waals surface area contributed by atoms with E-state index in [4.69, 9.17) is 16.3 Å². The molecule has 1 unspecified atom stereocenters. The number of hydrogen-bond acceptors (Lipinski definition) is 3. The van der Waals surface area contributed by atoms with Crippen LogP contribution in [0.25, 0.3) is 0 Å². The maximum Gasteiger partial charge on any atom is 0.260 e. The average molecular weight is 337 g/mol. The molecule has 1 aromatic carbocycles. The fraction of sp³-hybridized carbons (Fsp3) is 0.529. The Bertz CT molecular complexity index is 634. The topological polar surface area (TPSA) is 58.6 Å². The van der Waals surface area contributed by atoms with Crippen LogP contribution in [-0.2, 0) is 9.59 Å². The number of aryl methyl sites for hydroxylation is 1. The zero-order chi connectivity index (χ0) is 16.4. The van der Waals surface area contributed by atoms with Crippen LogP contribution in [0, 0.1) is 12.3 Å². The van der Waals surface area contributed by atoms with Crippen LogP contribution in [0.4, 0.5) is 0 Å². The molecular formula is C17H21ClN2O3. The number of amides is 2. The van der Waals surface area contributed by atoms with E-state index in [9.17, 15) is 9.59 Å². The highest BCUT2D eigenvalue weighted by atomic mass is 35.5. The lowest BCUT2D eigenvalue weighted by molar-refractivity contribution is -0.135. The van der Waals surface area contributed by atoms with Gasteiger partial charge in [-0.15, -0.1) is 0 Å². The highest BCUT2D eigenvalue weighted by Crippen LogP contribution is 2.37. The van der Waals surface area contributed by atoms with Gasteiger partial charge < -0.3 is 15.0 Å². The SMILES string of the molecule is Cc1cc(Cl)ccc1OCC(=O)N1CCC2(CCCNC2=O)C1. The normalized spacial score (nSPS) is 23.9. The van der Waals surface area contributed by atoms with Gasteiger partial charge in [0.2, 0.25) is 5.91 Å². The molecule has 23 heavy (non-hydrogen) atoms. The van der Waals surface area contributed by atoms with Gasteiger partial charge in [0.05, 0.1) is 5.41 Å². The quantitative estimate of drug-likeness (QED) is 0.920. The molecule has 2 aliphatic rings. The van der Waals surface area contributed by atoms with E-state index in [1.165, 1.54) is 0 Å². The standard InChI is InChI=1S/C17H21ClN2O3/c1-12-9-13(18)3-4-14(12)23-10-15(21)20-8-6-17(11-20)5-2-7-19-16(17)22/h3-4,9H,2,5-8,10-11H2,1H3,(H,19,22). The molecule has 6 heteroatoms. The molecule has 0 aliphatic carbocycles. The highest BCUT2D eigenvalue weighted by Gasteiger charge is 2.46. The molecule has 2 saturated heterocycles. The van der Waals surface area contributed by atoms with Gasteiger partial charge in [0, 0.05) is 24.7 Å². The Kier molecular flexibility index (Phi) is 4.48. The molecule has 3 rings (SSSR count). The second-order valence-electron chi connectivity index (χ2n) is 6.40. The molecule has 0 bridgehead atoms. The minimum Gasteiger partial charge on any atom is -0.483 e. The molecule has 1 atom stereocenters. The number of nitrogens with one attached hydrogen (secondary N) is 1. The number of likely N-dealkylation sites (tertiary alicyclic amines) is 1. The van der Waals surface area contributed by atoms with Crippen molar-refractivity contribution < 1.29 is 14.3 Å². The molecule has 0 saturated carbocycles. The van der Waals surface area contributed by atoms with Crippen LogP contribution in [-0.4, -0.2) is 43.0 Å². The number of benzene rings is 1. The molecule has 1 aromatic rings. The summed E-state index contributed by atoms with van der Waals surface area (Å²) >= 11 is 5.91. The Morgan fingerprint density at radius 1 is 1.43 bits per heavy atom. The van der Waals surface area contributed by atoms with Crippen molar-refractivity contribution in [3.05, 3.63) is 28.8 Å². The zero-order valence-electron chi connectivity index (χ0n) is 13.2. The molecule has 2 fully saturated rings. The minimum absolute atomic E-state index is 0.0137. The van der Waals surface area contributed by atoms with E-state index in [1.807, 2.05) is 6.92 Å². The summed E-state index contributed by atoms with van der Waals surface area (Å²) in [5.74, 6) is 0.676. The second kappa shape index (κ2) is 6.40. The Morgan fingerprint density at radius 3 is 3.00 bits per heavy atom. The summed E-state index contributed by atoms with van der Waals surface area (Å²) in [7, 11) is 0. The third kappa shape index (κ3) is 3.29. The zero-order valence-corrected chi connectivity index (χ0v) is 14.0. The summed E-state index contributed by atoms with van der Waals surface area (Å²) < 4.78 is 5.62. The number of nitrogens with zero attached hydrogens (tertiary/aromatic N) is 1. The van der Waals surface area contributed by atoms with Crippen molar-refractivity contribution in [1.29, 1.82) is 0 Å². The summed E-state index contributed by atoms with van der Waals surface area (Å²) in [4.78, 5) is 26.3. The Hall–Kier alpha value is -1.75. The molecule has 2 amide bonds. The van der Waals surface area contributed by atoms with E-state index >= 15 is 0 Å². The van der Waals surface area contributed by atoms with Gasteiger partial charge in [-0.1, -0.05) is 11.6 Å². The third-order valence-electron chi connectivity index (χ3n) is 4.79. The van der Waals surface area contributed by atoms with Gasteiger partial charge in [-0.05, 0) is 49.9 Å². The summed E-state index contributed by atoms with van der Waals surface area (Å²) in [5, 5.41) is 3.57. The Labute approximate surface area is 140 Å². The molecular weight excluding hydrogens is 316 g/mol. The van der Waals surface area contributed by atoms with Crippen LogP contribution in [0.15, 0.2) is 18.2 Å². The molecule has 124 valence electrons. The number of hydrogen-bond donors (Lipinski definition) is 1. The number of carbonyl (C=O) groups excluding carboxylic acids is 2. The third-order valence-corrected chi connectivity index (χ3v) is 5.03. The van der Waals surface area contributed by atoms with Crippen molar-refractivity contribution in [2.45, 2.75) is 26.2 Å². The first-order valence-electron chi connectivity index (χ1n) is 7.95. The first-order chi connectivity index (χ1) is 11.0. The van der Waals surface area contributed by atoms with Crippen molar-refractivity contribution in [3.63, 3.8) is 0 Å². The molecule has 2 heterocycles. The predicted octanol–water partition coefficient (Wildman–Crippen LogP) is 2.16. The molecule has 5 nitrogen and oxygen atoms in total. The van der Waals surface area contributed by atoms with E-state index < -0.39 is 0 Å². The second-order valence-corrected chi connectivity index (χ2v) is 6.84. The molecule has 1 spiro atoms. The van der Waals surface area contributed by atoms with Crippen molar-refractivity contribution >= 4 is 23.4 Å². The lowest BCUT2D eigenvalue weighted by atomic mass is 9.79. The van der Waals surface area contributed by atoms with Crippen molar-refractivity contribution in [2.24, 2.45) is 5.41 Å². The maximum absolute atomic E-state index is 12.4. The van der Waals surface area contributed by atoms with Crippen LogP contribution in [0.2, 0.25) is 5.02 Å². The van der Waals surface area contributed by atoms with Gasteiger partial charge in [0.15, 0.2) is 6.61 Å². The van der Waals surface area contributed by atoms with Crippen LogP contribution in [0.3, 0.4) is 0 Å².